The summed E-state index contributed by atoms with van der Waals surface area (Å²) < 4.78 is 0. The summed E-state index contributed by atoms with van der Waals surface area (Å²) in [5.41, 5.74) is 0. The molecule has 5 aliphatic rings. The SMILES string of the molecule is C1=NOC2C1C1C3C2C13. The highest BCUT2D eigenvalue weighted by Gasteiger charge is 2.86. The number of rotatable bonds is 0. The first kappa shape index (κ1) is 3.59. The van der Waals surface area contributed by atoms with Gasteiger partial charge in [-0.05, 0) is 17.8 Å². The second-order valence-electron chi connectivity index (χ2n) is 3.71. The minimum absolute atomic E-state index is 0.532. The Kier molecular flexibility index (Phi) is 0.298. The molecule has 0 amide bonds. The highest BCUT2D eigenvalue weighted by atomic mass is 16.6. The number of nitrogens with zero attached hydrogens (tertiary/aromatic N) is 1. The molecule has 0 radical (unpaired) electrons. The molecule has 46 valence electrons. The van der Waals surface area contributed by atoms with Gasteiger partial charge in [0, 0.05) is 11.8 Å². The van der Waals surface area contributed by atoms with Crippen molar-refractivity contribution < 1.29 is 4.84 Å². The van der Waals surface area contributed by atoms with Crippen LogP contribution in [0.2, 0.25) is 0 Å². The topological polar surface area (TPSA) is 21.6 Å². The van der Waals surface area contributed by atoms with E-state index in [4.69, 9.17) is 4.84 Å². The van der Waals surface area contributed by atoms with Crippen molar-refractivity contribution in [3.05, 3.63) is 0 Å². The van der Waals surface area contributed by atoms with Gasteiger partial charge in [-0.2, -0.15) is 0 Å². The average Bonchev–Trinajstić information content (AvgIpc) is 2.51. The van der Waals surface area contributed by atoms with Crippen molar-refractivity contribution in [2.24, 2.45) is 34.7 Å². The maximum absolute atomic E-state index is 5.22. The normalized spacial score (nSPS) is 77.3. The third kappa shape index (κ3) is 0.200. The van der Waals surface area contributed by atoms with Crippen LogP contribution in [0.15, 0.2) is 5.16 Å². The van der Waals surface area contributed by atoms with Crippen LogP contribution in [-0.4, -0.2) is 12.3 Å². The summed E-state index contributed by atoms with van der Waals surface area (Å²) in [7, 11) is 0. The van der Waals surface area contributed by atoms with Crippen molar-refractivity contribution in [3.63, 3.8) is 0 Å². The molecule has 2 bridgehead atoms. The first-order valence-corrected chi connectivity index (χ1v) is 3.68. The van der Waals surface area contributed by atoms with Crippen LogP contribution < -0.4 is 0 Å². The molecule has 0 aromatic rings. The molecule has 9 heavy (non-hydrogen) atoms. The van der Waals surface area contributed by atoms with Gasteiger partial charge in [0.25, 0.3) is 0 Å². The molecule has 0 aromatic carbocycles. The lowest BCUT2D eigenvalue weighted by Gasteiger charge is -2.02. The molecule has 0 spiro atoms. The van der Waals surface area contributed by atoms with Gasteiger partial charge in [0.1, 0.15) is 6.10 Å². The molecule has 0 aromatic heterocycles. The van der Waals surface area contributed by atoms with Crippen LogP contribution in [0.25, 0.3) is 0 Å². The van der Waals surface area contributed by atoms with Gasteiger partial charge in [0.15, 0.2) is 0 Å². The van der Waals surface area contributed by atoms with Crippen LogP contribution >= 0.6 is 0 Å². The van der Waals surface area contributed by atoms with Crippen LogP contribution in [0.5, 0.6) is 0 Å². The van der Waals surface area contributed by atoms with Crippen molar-refractivity contribution in [1.82, 2.24) is 0 Å². The van der Waals surface area contributed by atoms with Gasteiger partial charge < -0.3 is 4.84 Å². The highest BCUT2D eigenvalue weighted by Crippen LogP contribution is 2.84. The van der Waals surface area contributed by atoms with Gasteiger partial charge >= 0.3 is 0 Å². The summed E-state index contributed by atoms with van der Waals surface area (Å²) in [6.45, 7) is 0. The third-order valence-electron chi connectivity index (χ3n) is 3.56. The van der Waals surface area contributed by atoms with Crippen LogP contribution in [-0.2, 0) is 4.84 Å². The molecular formula is C7H7NO. The Bertz CT molecular complexity index is 215. The first-order valence-electron chi connectivity index (χ1n) is 3.68. The van der Waals surface area contributed by atoms with Crippen molar-refractivity contribution in [3.8, 4) is 0 Å². The predicted molar refractivity (Wildman–Crippen MR) is 30.8 cm³/mol. The van der Waals surface area contributed by atoms with Crippen molar-refractivity contribution in [1.29, 1.82) is 0 Å². The molecule has 2 nitrogen and oxygen atoms in total. The summed E-state index contributed by atoms with van der Waals surface area (Å²) in [6, 6.07) is 0. The van der Waals surface area contributed by atoms with Crippen LogP contribution in [0.3, 0.4) is 0 Å². The quantitative estimate of drug-likeness (QED) is 0.457. The molecule has 4 aliphatic carbocycles. The fraction of sp³-hybridized carbons (Fsp3) is 0.857. The van der Waals surface area contributed by atoms with Gasteiger partial charge in [0.2, 0.25) is 0 Å². The van der Waals surface area contributed by atoms with Crippen LogP contribution in [0, 0.1) is 29.6 Å². The maximum Gasteiger partial charge on any atom is 0.139 e. The van der Waals surface area contributed by atoms with Gasteiger partial charge in [-0.25, -0.2) is 0 Å². The largest absolute Gasteiger partial charge is 0.392 e. The van der Waals surface area contributed by atoms with E-state index in [0.29, 0.717) is 6.10 Å². The van der Waals surface area contributed by atoms with E-state index in [-0.39, 0.29) is 0 Å². The monoisotopic (exact) mass is 121 g/mol. The van der Waals surface area contributed by atoms with E-state index < -0.39 is 0 Å². The zero-order valence-electron chi connectivity index (χ0n) is 4.90. The fourth-order valence-corrected chi connectivity index (χ4v) is 3.06. The minimum atomic E-state index is 0.532. The summed E-state index contributed by atoms with van der Waals surface area (Å²) in [5, 5.41) is 3.84. The lowest BCUT2D eigenvalue weighted by Crippen LogP contribution is -2.11. The molecule has 1 heterocycles. The van der Waals surface area contributed by atoms with E-state index >= 15 is 0 Å². The van der Waals surface area contributed by atoms with Crippen LogP contribution in [0.4, 0.5) is 0 Å². The third-order valence-corrected chi connectivity index (χ3v) is 3.56. The molecule has 4 atom stereocenters. The Hall–Kier alpha value is -0.530. The fourth-order valence-electron chi connectivity index (χ4n) is 3.06. The molecule has 1 aliphatic heterocycles. The van der Waals surface area contributed by atoms with E-state index in [9.17, 15) is 0 Å². The van der Waals surface area contributed by atoms with E-state index in [0.717, 1.165) is 29.6 Å². The first-order chi connectivity index (χ1) is 4.48. The van der Waals surface area contributed by atoms with E-state index in [1.54, 1.807) is 0 Å². The number of hydrogen-bond donors (Lipinski definition) is 0. The predicted octanol–water partition coefficient (Wildman–Crippen LogP) is 0.493. The van der Waals surface area contributed by atoms with Gasteiger partial charge in [-0.15, -0.1) is 0 Å². The lowest BCUT2D eigenvalue weighted by atomic mass is 10.1. The molecular weight excluding hydrogens is 114 g/mol. The Labute approximate surface area is 52.9 Å². The molecule has 0 N–H and O–H groups in total. The van der Waals surface area contributed by atoms with Crippen molar-refractivity contribution >= 4 is 6.21 Å². The number of hydrogen-bond acceptors (Lipinski definition) is 2. The minimum Gasteiger partial charge on any atom is -0.392 e. The van der Waals surface area contributed by atoms with Gasteiger partial charge in [0.05, 0.1) is 6.21 Å². The van der Waals surface area contributed by atoms with E-state index in [2.05, 4.69) is 5.16 Å². The number of oxime groups is 1. The molecule has 0 saturated heterocycles. The summed E-state index contributed by atoms with van der Waals surface area (Å²) in [5.74, 6) is 4.89. The standard InChI is InChI=1S/C7H7NO/c1-2-3-4-5(3)6(4)7(2)9-8-1/h1-7H. The molecule has 2 heteroatoms. The van der Waals surface area contributed by atoms with E-state index in [1.807, 2.05) is 6.21 Å². The average molecular weight is 121 g/mol. The van der Waals surface area contributed by atoms with Crippen LogP contribution in [0.1, 0.15) is 0 Å². The Balaban J connectivity index is 1.92. The summed E-state index contributed by atoms with van der Waals surface area (Å²) in [4.78, 5) is 5.22. The Morgan fingerprint density at radius 3 is 2.78 bits per heavy atom. The second kappa shape index (κ2) is 0.746. The maximum atomic E-state index is 5.22. The van der Waals surface area contributed by atoms with Crippen molar-refractivity contribution in [2.75, 3.05) is 0 Å². The highest BCUT2D eigenvalue weighted by molar-refractivity contribution is 5.68. The zero-order chi connectivity index (χ0) is 5.59. The lowest BCUT2D eigenvalue weighted by molar-refractivity contribution is 0.0652. The summed E-state index contributed by atoms with van der Waals surface area (Å²) in [6.07, 6.45) is 2.56. The Morgan fingerprint density at radius 2 is 2.00 bits per heavy atom. The Morgan fingerprint density at radius 1 is 1.11 bits per heavy atom. The van der Waals surface area contributed by atoms with Gasteiger partial charge in [-0.3, -0.25) is 0 Å². The molecule has 4 saturated carbocycles. The zero-order valence-corrected chi connectivity index (χ0v) is 4.90. The summed E-state index contributed by atoms with van der Waals surface area (Å²) >= 11 is 0. The molecule has 4 fully saturated rings. The second-order valence-corrected chi connectivity index (χ2v) is 3.71. The molecule has 4 unspecified atom stereocenters. The van der Waals surface area contributed by atoms with Gasteiger partial charge in [-0.1, -0.05) is 5.16 Å². The van der Waals surface area contributed by atoms with E-state index in [1.165, 1.54) is 0 Å². The van der Waals surface area contributed by atoms with Crippen molar-refractivity contribution in [2.45, 2.75) is 6.10 Å². The molecule has 5 rings (SSSR count). The smallest absolute Gasteiger partial charge is 0.139 e.